The quantitative estimate of drug-likeness (QED) is 0.337. The molecule has 2 aromatic rings. The number of esters is 2. The van der Waals surface area contributed by atoms with E-state index in [-0.39, 0.29) is 23.8 Å². The first kappa shape index (κ1) is 17.0. The van der Waals surface area contributed by atoms with Crippen molar-refractivity contribution in [1.82, 2.24) is 0 Å². The number of halogens is 2. The maximum Gasteiger partial charge on any atom is 0.349 e. The van der Waals surface area contributed by atoms with E-state index in [2.05, 4.69) is 31.9 Å². The smallest absolute Gasteiger partial charge is 0.349 e. The van der Waals surface area contributed by atoms with Crippen LogP contribution in [0.5, 0.6) is 0 Å². The maximum atomic E-state index is 11.6. The van der Waals surface area contributed by atoms with E-state index in [0.29, 0.717) is 9.75 Å². The molecule has 0 N–H and O–H groups in total. The van der Waals surface area contributed by atoms with Gasteiger partial charge in [0.15, 0.2) is 0 Å². The molecule has 0 fully saturated rings. The largest absolute Gasteiger partial charge is 0.450 e. The van der Waals surface area contributed by atoms with Crippen LogP contribution >= 0.6 is 66.3 Å². The zero-order valence-corrected chi connectivity index (χ0v) is 16.0. The lowest BCUT2D eigenvalue weighted by Crippen LogP contribution is -2.06. The van der Waals surface area contributed by atoms with E-state index in [4.69, 9.17) is 9.47 Å². The first-order valence-corrected chi connectivity index (χ1v) is 9.96. The number of carbonyl (C=O) groups excluding carboxylic acids is 2. The predicted molar refractivity (Wildman–Crippen MR) is 92.2 cm³/mol. The second-order valence-corrected chi connectivity index (χ2v) is 8.10. The fraction of sp³-hybridized carbons (Fsp3) is 0.167. The van der Waals surface area contributed by atoms with Gasteiger partial charge in [-0.25, -0.2) is 9.59 Å². The molecule has 0 radical (unpaired) electrons. The van der Waals surface area contributed by atoms with Crippen LogP contribution in [0.25, 0.3) is 0 Å². The molecule has 112 valence electrons. The van der Waals surface area contributed by atoms with Crippen molar-refractivity contribution in [2.75, 3.05) is 11.9 Å². The summed E-state index contributed by atoms with van der Waals surface area (Å²) in [6, 6.07) is 3.40. The number of hydrogen-bond donors (Lipinski definition) is 0. The number of rotatable bonds is 6. The predicted octanol–water partition coefficient (Wildman–Crippen LogP) is 5.00. The zero-order valence-electron chi connectivity index (χ0n) is 10.3. The van der Waals surface area contributed by atoms with E-state index in [1.807, 2.05) is 10.8 Å². The van der Waals surface area contributed by atoms with Gasteiger partial charge in [-0.2, -0.15) is 0 Å². The molecule has 0 aliphatic heterocycles. The van der Waals surface area contributed by atoms with E-state index < -0.39 is 0 Å². The SMILES string of the molecule is O=C(OCSCOC(=O)c1cc(Br)cs1)c1cc(Br)cs1. The maximum absolute atomic E-state index is 11.6. The van der Waals surface area contributed by atoms with Gasteiger partial charge in [0.2, 0.25) is 0 Å². The Bertz CT molecular complexity index is 584. The summed E-state index contributed by atoms with van der Waals surface area (Å²) in [6.07, 6.45) is 0. The first-order chi connectivity index (χ1) is 10.1. The molecule has 0 aliphatic rings. The van der Waals surface area contributed by atoms with Crippen molar-refractivity contribution in [2.45, 2.75) is 0 Å². The fourth-order valence-electron chi connectivity index (χ4n) is 1.21. The average Bonchev–Trinajstić information content (AvgIpc) is 3.06. The zero-order chi connectivity index (χ0) is 15.2. The van der Waals surface area contributed by atoms with Gasteiger partial charge in [0.05, 0.1) is 0 Å². The van der Waals surface area contributed by atoms with Crippen molar-refractivity contribution in [1.29, 1.82) is 0 Å². The Morgan fingerprint density at radius 3 is 1.71 bits per heavy atom. The highest BCUT2D eigenvalue weighted by molar-refractivity contribution is 9.10. The third kappa shape index (κ3) is 5.41. The molecular weight excluding hydrogens is 464 g/mol. The van der Waals surface area contributed by atoms with Gasteiger partial charge < -0.3 is 9.47 Å². The lowest BCUT2D eigenvalue weighted by atomic mass is 10.5. The van der Waals surface area contributed by atoms with Crippen molar-refractivity contribution in [2.24, 2.45) is 0 Å². The van der Waals surface area contributed by atoms with Gasteiger partial charge in [0.25, 0.3) is 0 Å². The third-order valence-electron chi connectivity index (χ3n) is 2.08. The Labute approximate surface area is 150 Å². The van der Waals surface area contributed by atoms with Crippen molar-refractivity contribution >= 4 is 78.2 Å². The van der Waals surface area contributed by atoms with Gasteiger partial charge in [-0.1, -0.05) is 11.8 Å². The third-order valence-corrected chi connectivity index (χ3v) is 6.00. The molecule has 0 spiro atoms. The average molecular weight is 472 g/mol. The fourth-order valence-corrected chi connectivity index (χ4v) is 4.29. The Hall–Kier alpha value is -0.350. The second kappa shape index (κ2) is 8.33. The minimum absolute atomic E-state index is 0.135. The summed E-state index contributed by atoms with van der Waals surface area (Å²) in [5.74, 6) is -0.496. The van der Waals surface area contributed by atoms with Gasteiger partial charge in [-0.15, -0.1) is 22.7 Å². The summed E-state index contributed by atoms with van der Waals surface area (Å²) < 4.78 is 11.8. The summed E-state index contributed by atoms with van der Waals surface area (Å²) in [5, 5.41) is 3.62. The van der Waals surface area contributed by atoms with Crippen molar-refractivity contribution in [3.05, 3.63) is 41.6 Å². The normalized spacial score (nSPS) is 10.4. The molecule has 2 rings (SSSR count). The van der Waals surface area contributed by atoms with Crippen LogP contribution in [0.2, 0.25) is 0 Å². The molecule has 0 atom stereocenters. The Kier molecular flexibility index (Phi) is 6.74. The molecule has 0 bridgehead atoms. The monoisotopic (exact) mass is 470 g/mol. The van der Waals surface area contributed by atoms with Gasteiger partial charge in [-0.3, -0.25) is 0 Å². The molecular formula is C12H8Br2O4S3. The number of carbonyl (C=O) groups is 2. The van der Waals surface area contributed by atoms with E-state index in [9.17, 15) is 9.59 Å². The van der Waals surface area contributed by atoms with Crippen molar-refractivity contribution in [3.63, 3.8) is 0 Å². The molecule has 0 unspecified atom stereocenters. The Morgan fingerprint density at radius 2 is 1.38 bits per heavy atom. The van der Waals surface area contributed by atoms with E-state index in [0.717, 1.165) is 8.95 Å². The minimum atomic E-state index is -0.383. The van der Waals surface area contributed by atoms with Crippen LogP contribution in [-0.4, -0.2) is 23.8 Å². The standard InChI is InChI=1S/C12H8Br2O4S3/c13-7-1-9(20-3-7)11(15)17-5-19-6-18-12(16)10-2-8(14)4-21-10/h1-4H,5-6H2. The number of thioether (sulfide) groups is 1. The molecule has 0 aliphatic carbocycles. The lowest BCUT2D eigenvalue weighted by molar-refractivity contribution is 0.0571. The van der Waals surface area contributed by atoms with Crippen LogP contribution in [0.4, 0.5) is 0 Å². The van der Waals surface area contributed by atoms with Gasteiger partial charge >= 0.3 is 11.9 Å². The second-order valence-electron chi connectivity index (χ2n) is 3.56. The molecule has 2 aromatic heterocycles. The molecule has 2 heterocycles. The van der Waals surface area contributed by atoms with Gasteiger partial charge in [0.1, 0.15) is 21.6 Å². The highest BCUT2D eigenvalue weighted by atomic mass is 79.9. The van der Waals surface area contributed by atoms with Crippen molar-refractivity contribution < 1.29 is 19.1 Å². The molecule has 9 heteroatoms. The Balaban J connectivity index is 1.64. The van der Waals surface area contributed by atoms with Crippen molar-refractivity contribution in [3.8, 4) is 0 Å². The topological polar surface area (TPSA) is 52.6 Å². The Morgan fingerprint density at radius 1 is 0.952 bits per heavy atom. The van der Waals surface area contributed by atoms with Gasteiger partial charge in [-0.05, 0) is 44.0 Å². The van der Waals surface area contributed by atoms with Crippen LogP contribution in [0.15, 0.2) is 31.8 Å². The van der Waals surface area contributed by atoms with Crippen LogP contribution in [0.3, 0.4) is 0 Å². The molecule has 4 nitrogen and oxygen atoms in total. The number of thiophene rings is 2. The lowest BCUT2D eigenvalue weighted by Gasteiger charge is -2.04. The summed E-state index contributed by atoms with van der Waals surface area (Å²) >= 11 is 10.4. The molecule has 0 saturated heterocycles. The summed E-state index contributed by atoms with van der Waals surface area (Å²) in [6.45, 7) is 0. The van der Waals surface area contributed by atoms with E-state index >= 15 is 0 Å². The highest BCUT2D eigenvalue weighted by Crippen LogP contribution is 2.22. The highest BCUT2D eigenvalue weighted by Gasteiger charge is 2.11. The number of ether oxygens (including phenoxy) is 2. The van der Waals surface area contributed by atoms with Crippen LogP contribution < -0.4 is 0 Å². The van der Waals surface area contributed by atoms with Crippen LogP contribution in [-0.2, 0) is 9.47 Å². The van der Waals surface area contributed by atoms with Crippen LogP contribution in [0, 0.1) is 0 Å². The van der Waals surface area contributed by atoms with E-state index in [1.54, 1.807) is 12.1 Å². The molecule has 21 heavy (non-hydrogen) atoms. The molecule has 0 aromatic carbocycles. The molecule has 0 saturated carbocycles. The first-order valence-electron chi connectivity index (χ1n) is 5.46. The van der Waals surface area contributed by atoms with E-state index in [1.165, 1.54) is 34.4 Å². The molecule has 0 amide bonds. The summed E-state index contributed by atoms with van der Waals surface area (Å²) in [5.41, 5.74) is 0. The summed E-state index contributed by atoms with van der Waals surface area (Å²) in [7, 11) is 0. The summed E-state index contributed by atoms with van der Waals surface area (Å²) in [4.78, 5) is 24.3. The van der Waals surface area contributed by atoms with Gasteiger partial charge in [0, 0.05) is 19.7 Å². The number of hydrogen-bond acceptors (Lipinski definition) is 7. The van der Waals surface area contributed by atoms with Crippen LogP contribution in [0.1, 0.15) is 19.3 Å². The minimum Gasteiger partial charge on any atom is -0.450 e.